The first-order valence-corrected chi connectivity index (χ1v) is 6.67. The molecule has 2 aromatic carbocycles. The number of hydrogen-bond acceptors (Lipinski definition) is 6. The Morgan fingerprint density at radius 2 is 1.91 bits per heavy atom. The summed E-state index contributed by atoms with van der Waals surface area (Å²) in [5.74, 6) is -0.888. The largest absolute Gasteiger partial charge is 0.507 e. The summed E-state index contributed by atoms with van der Waals surface area (Å²) in [4.78, 5) is 15.9. The van der Waals surface area contributed by atoms with Gasteiger partial charge in [0.25, 0.3) is 5.89 Å². The fraction of sp³-hybridized carbons (Fsp3) is 0.0625. The Balaban J connectivity index is 1.67. The van der Waals surface area contributed by atoms with Crippen LogP contribution in [0, 0.1) is 5.82 Å². The quantitative estimate of drug-likeness (QED) is 0.745. The number of carbonyl (C=O) groups is 1. The molecule has 0 saturated heterocycles. The van der Waals surface area contributed by atoms with Crippen LogP contribution in [0.3, 0.4) is 0 Å². The van der Waals surface area contributed by atoms with Crippen molar-refractivity contribution in [2.24, 2.45) is 0 Å². The highest BCUT2D eigenvalue weighted by molar-refractivity contribution is 5.92. The SMILES string of the molecule is O=C(OCc1nc(-c2ccc(F)cc2)no1)c1ccccc1O. The average Bonchev–Trinajstić information content (AvgIpc) is 3.03. The number of hydrogen-bond donors (Lipinski definition) is 1. The summed E-state index contributed by atoms with van der Waals surface area (Å²) in [6.07, 6.45) is 0. The number of halogens is 1. The van der Waals surface area contributed by atoms with Gasteiger partial charge < -0.3 is 14.4 Å². The lowest BCUT2D eigenvalue weighted by Crippen LogP contribution is -2.05. The van der Waals surface area contributed by atoms with E-state index in [1.54, 1.807) is 12.1 Å². The molecule has 0 amide bonds. The number of benzene rings is 2. The zero-order valence-electron chi connectivity index (χ0n) is 11.8. The van der Waals surface area contributed by atoms with Crippen molar-refractivity contribution in [2.45, 2.75) is 6.61 Å². The van der Waals surface area contributed by atoms with Crippen molar-refractivity contribution < 1.29 is 23.6 Å². The van der Waals surface area contributed by atoms with E-state index in [1.165, 1.54) is 36.4 Å². The van der Waals surface area contributed by atoms with Gasteiger partial charge in [-0.05, 0) is 36.4 Å². The number of phenols is 1. The van der Waals surface area contributed by atoms with Crippen LogP contribution < -0.4 is 0 Å². The van der Waals surface area contributed by atoms with Crippen molar-refractivity contribution in [1.82, 2.24) is 10.1 Å². The van der Waals surface area contributed by atoms with Crippen LogP contribution in [0.5, 0.6) is 5.75 Å². The van der Waals surface area contributed by atoms with Gasteiger partial charge in [0.1, 0.15) is 17.1 Å². The van der Waals surface area contributed by atoms with E-state index in [2.05, 4.69) is 10.1 Å². The third kappa shape index (κ3) is 3.34. The van der Waals surface area contributed by atoms with E-state index in [-0.39, 0.29) is 35.5 Å². The van der Waals surface area contributed by atoms with E-state index in [0.29, 0.717) is 5.56 Å². The summed E-state index contributed by atoms with van der Waals surface area (Å²) in [5.41, 5.74) is 0.624. The molecule has 1 N–H and O–H groups in total. The molecule has 0 aliphatic heterocycles. The molecule has 3 rings (SSSR count). The van der Waals surface area contributed by atoms with Crippen LogP contribution in [-0.4, -0.2) is 21.2 Å². The summed E-state index contributed by atoms with van der Waals surface area (Å²) < 4.78 is 22.8. The van der Waals surface area contributed by atoms with Gasteiger partial charge in [0.15, 0.2) is 6.61 Å². The molecule has 0 unspecified atom stereocenters. The van der Waals surface area contributed by atoms with Crippen LogP contribution in [0.4, 0.5) is 4.39 Å². The molecule has 1 heterocycles. The monoisotopic (exact) mass is 314 g/mol. The molecule has 0 aliphatic rings. The number of rotatable bonds is 4. The standard InChI is InChI=1S/C16H11FN2O4/c17-11-7-5-10(6-8-11)15-18-14(23-19-15)9-22-16(21)12-3-1-2-4-13(12)20/h1-8,20H,9H2. The van der Waals surface area contributed by atoms with Crippen LogP contribution in [0.2, 0.25) is 0 Å². The predicted octanol–water partition coefficient (Wildman–Crippen LogP) is 2.94. The number of para-hydroxylation sites is 1. The van der Waals surface area contributed by atoms with Crippen LogP contribution in [0.1, 0.15) is 16.2 Å². The third-order valence-corrected chi connectivity index (χ3v) is 3.02. The average molecular weight is 314 g/mol. The van der Waals surface area contributed by atoms with Gasteiger partial charge in [-0.3, -0.25) is 0 Å². The minimum Gasteiger partial charge on any atom is -0.507 e. The number of phenolic OH excluding ortho intramolecular Hbond substituents is 1. The van der Waals surface area contributed by atoms with E-state index in [0.717, 1.165) is 0 Å². The molecule has 116 valence electrons. The summed E-state index contributed by atoms with van der Waals surface area (Å²) in [6, 6.07) is 11.6. The first kappa shape index (κ1) is 14.7. The highest BCUT2D eigenvalue weighted by Gasteiger charge is 2.15. The number of ether oxygens (including phenoxy) is 1. The molecular formula is C16H11FN2O4. The molecule has 23 heavy (non-hydrogen) atoms. The first-order chi connectivity index (χ1) is 11.1. The number of aromatic nitrogens is 2. The van der Waals surface area contributed by atoms with Gasteiger partial charge in [0, 0.05) is 5.56 Å². The first-order valence-electron chi connectivity index (χ1n) is 6.67. The van der Waals surface area contributed by atoms with Crippen molar-refractivity contribution in [1.29, 1.82) is 0 Å². The van der Waals surface area contributed by atoms with Gasteiger partial charge in [-0.15, -0.1) is 0 Å². The van der Waals surface area contributed by atoms with Gasteiger partial charge in [0.05, 0.1) is 0 Å². The second-order valence-electron chi connectivity index (χ2n) is 4.61. The Morgan fingerprint density at radius 3 is 2.65 bits per heavy atom. The van der Waals surface area contributed by atoms with E-state index in [9.17, 15) is 14.3 Å². The second kappa shape index (κ2) is 6.27. The van der Waals surface area contributed by atoms with Crippen molar-refractivity contribution >= 4 is 5.97 Å². The van der Waals surface area contributed by atoms with Gasteiger partial charge in [-0.2, -0.15) is 4.98 Å². The summed E-state index contributed by atoms with van der Waals surface area (Å²) in [5, 5.41) is 13.3. The molecule has 7 heteroatoms. The Hall–Kier alpha value is -3.22. The smallest absolute Gasteiger partial charge is 0.342 e. The maximum Gasteiger partial charge on any atom is 0.342 e. The summed E-state index contributed by atoms with van der Waals surface area (Å²) >= 11 is 0. The highest BCUT2D eigenvalue weighted by Crippen LogP contribution is 2.19. The molecule has 0 spiro atoms. The topological polar surface area (TPSA) is 85.5 Å². The van der Waals surface area contributed by atoms with Crippen molar-refractivity contribution in [3.05, 3.63) is 65.8 Å². The lowest BCUT2D eigenvalue weighted by Gasteiger charge is -2.03. The number of nitrogens with zero attached hydrogens (tertiary/aromatic N) is 2. The second-order valence-corrected chi connectivity index (χ2v) is 4.61. The molecular weight excluding hydrogens is 303 g/mol. The van der Waals surface area contributed by atoms with Gasteiger partial charge in [-0.1, -0.05) is 17.3 Å². The molecule has 6 nitrogen and oxygen atoms in total. The van der Waals surface area contributed by atoms with Crippen LogP contribution in [0.15, 0.2) is 53.1 Å². The molecule has 0 bridgehead atoms. The van der Waals surface area contributed by atoms with E-state index >= 15 is 0 Å². The molecule has 0 radical (unpaired) electrons. The number of aromatic hydroxyl groups is 1. The molecule has 0 aliphatic carbocycles. The maximum atomic E-state index is 12.9. The minimum absolute atomic E-state index is 0.0470. The fourth-order valence-corrected chi connectivity index (χ4v) is 1.88. The van der Waals surface area contributed by atoms with E-state index in [4.69, 9.17) is 9.26 Å². The predicted molar refractivity (Wildman–Crippen MR) is 76.9 cm³/mol. The van der Waals surface area contributed by atoms with Crippen LogP contribution >= 0.6 is 0 Å². The number of carbonyl (C=O) groups excluding carboxylic acids is 1. The zero-order valence-corrected chi connectivity index (χ0v) is 11.8. The molecule has 0 fully saturated rings. The van der Waals surface area contributed by atoms with Crippen molar-refractivity contribution in [3.8, 4) is 17.1 Å². The summed E-state index contributed by atoms with van der Waals surface area (Å²) in [7, 11) is 0. The number of esters is 1. The lowest BCUT2D eigenvalue weighted by atomic mass is 10.2. The Morgan fingerprint density at radius 1 is 1.17 bits per heavy atom. The molecule has 0 saturated carbocycles. The van der Waals surface area contributed by atoms with Crippen LogP contribution in [0.25, 0.3) is 11.4 Å². The lowest BCUT2D eigenvalue weighted by molar-refractivity contribution is 0.0426. The fourth-order valence-electron chi connectivity index (χ4n) is 1.88. The van der Waals surface area contributed by atoms with Gasteiger partial charge in [0.2, 0.25) is 5.82 Å². The summed E-state index contributed by atoms with van der Waals surface area (Å²) in [6.45, 7) is -0.235. The highest BCUT2D eigenvalue weighted by atomic mass is 19.1. The zero-order chi connectivity index (χ0) is 16.2. The molecule has 3 aromatic rings. The van der Waals surface area contributed by atoms with Crippen LogP contribution in [-0.2, 0) is 11.3 Å². The molecule has 0 atom stereocenters. The minimum atomic E-state index is -0.704. The normalized spacial score (nSPS) is 10.5. The van der Waals surface area contributed by atoms with Crippen molar-refractivity contribution in [3.63, 3.8) is 0 Å². The van der Waals surface area contributed by atoms with Crippen molar-refractivity contribution in [2.75, 3.05) is 0 Å². The Kier molecular flexibility index (Phi) is 4.01. The Labute approximate surface area is 130 Å². The van der Waals surface area contributed by atoms with E-state index in [1.807, 2.05) is 0 Å². The molecule has 1 aromatic heterocycles. The van der Waals surface area contributed by atoms with E-state index < -0.39 is 5.97 Å². The van der Waals surface area contributed by atoms with Gasteiger partial charge in [-0.25, -0.2) is 9.18 Å². The van der Waals surface area contributed by atoms with Gasteiger partial charge >= 0.3 is 5.97 Å². The maximum absolute atomic E-state index is 12.9. The third-order valence-electron chi connectivity index (χ3n) is 3.02. The Bertz CT molecular complexity index is 830.